The van der Waals surface area contributed by atoms with E-state index in [0.29, 0.717) is 18.9 Å². The molecule has 15 heavy (non-hydrogen) atoms. The van der Waals surface area contributed by atoms with Gasteiger partial charge < -0.3 is 21.4 Å². The lowest BCUT2D eigenvalue weighted by Crippen LogP contribution is -2.32. The van der Waals surface area contributed by atoms with Crippen molar-refractivity contribution in [3.8, 4) is 0 Å². The normalized spacial score (nSPS) is 19.1. The fraction of sp³-hybridized carbons (Fsp3) is 0.375. The number of amides is 2. The van der Waals surface area contributed by atoms with Gasteiger partial charge in [-0.15, -0.1) is 0 Å². The molecule has 1 aromatic heterocycles. The van der Waals surface area contributed by atoms with Crippen LogP contribution in [0.4, 0.5) is 5.95 Å². The number of hydrogen-bond donors (Lipinski definition) is 3. The Hall–Kier alpha value is -2.05. The molecule has 0 fully saturated rings. The van der Waals surface area contributed by atoms with Crippen molar-refractivity contribution in [1.82, 2.24) is 9.55 Å². The molecule has 0 spiro atoms. The van der Waals surface area contributed by atoms with Crippen LogP contribution < -0.4 is 16.8 Å². The highest BCUT2D eigenvalue weighted by molar-refractivity contribution is 5.91. The van der Waals surface area contributed by atoms with Crippen molar-refractivity contribution < 1.29 is 9.59 Å². The zero-order chi connectivity index (χ0) is 11.0. The van der Waals surface area contributed by atoms with E-state index in [0.717, 1.165) is 0 Å². The summed E-state index contributed by atoms with van der Waals surface area (Å²) in [6, 6.07) is -0.457. The maximum atomic E-state index is 11.1. The first-order valence-electron chi connectivity index (χ1n) is 4.51. The molecule has 0 saturated carbocycles. The second kappa shape index (κ2) is 3.26. The summed E-state index contributed by atoms with van der Waals surface area (Å²) in [6.45, 7) is 0.600. The highest BCUT2D eigenvalue weighted by Crippen LogP contribution is 2.23. The van der Waals surface area contributed by atoms with Gasteiger partial charge in [-0.2, -0.15) is 0 Å². The fourth-order valence-corrected chi connectivity index (χ4v) is 1.62. The van der Waals surface area contributed by atoms with E-state index in [1.165, 1.54) is 6.20 Å². The predicted molar refractivity (Wildman–Crippen MR) is 52.1 cm³/mol. The highest BCUT2D eigenvalue weighted by Gasteiger charge is 2.26. The molecule has 0 aromatic carbocycles. The molecule has 1 atom stereocenters. The molecule has 0 aliphatic carbocycles. The van der Waals surface area contributed by atoms with Gasteiger partial charge in [0.25, 0.3) is 5.91 Å². The molecule has 0 radical (unpaired) electrons. The van der Waals surface area contributed by atoms with Gasteiger partial charge in [0.1, 0.15) is 11.7 Å². The molecule has 7 heteroatoms. The highest BCUT2D eigenvalue weighted by atomic mass is 16.2. The van der Waals surface area contributed by atoms with Crippen LogP contribution in [0.2, 0.25) is 0 Å². The third kappa shape index (κ3) is 1.51. The second-order valence-corrected chi connectivity index (χ2v) is 3.35. The lowest BCUT2D eigenvalue weighted by Gasteiger charge is -2.22. The third-order valence-electron chi connectivity index (χ3n) is 2.35. The first kappa shape index (κ1) is 9.50. The average molecular weight is 209 g/mol. The van der Waals surface area contributed by atoms with Crippen LogP contribution in [0.5, 0.6) is 0 Å². The minimum atomic E-state index is -0.623. The maximum absolute atomic E-state index is 11.1. The first-order chi connectivity index (χ1) is 7.09. The number of primary amides is 2. The predicted octanol–water partition coefficient (Wildman–Crippen LogP) is -1.18. The molecule has 1 aliphatic rings. The summed E-state index contributed by atoms with van der Waals surface area (Å²) >= 11 is 0. The van der Waals surface area contributed by atoms with Gasteiger partial charge >= 0.3 is 0 Å². The molecule has 2 rings (SSSR count). The van der Waals surface area contributed by atoms with Crippen LogP contribution in [0.1, 0.15) is 23.0 Å². The summed E-state index contributed by atoms with van der Waals surface area (Å²) in [7, 11) is 0. The Labute approximate surface area is 85.4 Å². The largest absolute Gasteiger partial charge is 0.368 e. The van der Waals surface area contributed by atoms with Crippen molar-refractivity contribution in [3.05, 3.63) is 11.9 Å². The molecule has 1 aliphatic heterocycles. The Kier molecular flexibility index (Phi) is 2.07. The van der Waals surface area contributed by atoms with Crippen LogP contribution in [0.15, 0.2) is 6.20 Å². The summed E-state index contributed by atoms with van der Waals surface area (Å²) in [5.41, 5.74) is 10.5. The SMILES string of the molecule is NC(=O)c1cn2c(n1)NCCC2C(N)=O. The number of aromatic nitrogens is 2. The molecule has 80 valence electrons. The van der Waals surface area contributed by atoms with Crippen molar-refractivity contribution in [2.45, 2.75) is 12.5 Å². The lowest BCUT2D eigenvalue weighted by atomic mass is 10.1. The first-order valence-corrected chi connectivity index (χ1v) is 4.51. The molecule has 2 amide bonds. The number of fused-ring (bicyclic) bond motifs is 1. The van der Waals surface area contributed by atoms with E-state index in [1.807, 2.05) is 0 Å². The molecule has 1 unspecified atom stereocenters. The van der Waals surface area contributed by atoms with Gasteiger partial charge in [-0.05, 0) is 6.42 Å². The number of nitrogens with one attached hydrogen (secondary N) is 1. The minimum Gasteiger partial charge on any atom is -0.368 e. The van der Waals surface area contributed by atoms with Gasteiger partial charge in [-0.25, -0.2) is 4.98 Å². The van der Waals surface area contributed by atoms with E-state index in [4.69, 9.17) is 11.5 Å². The van der Waals surface area contributed by atoms with Crippen molar-refractivity contribution in [1.29, 1.82) is 0 Å². The maximum Gasteiger partial charge on any atom is 0.268 e. The zero-order valence-corrected chi connectivity index (χ0v) is 7.93. The number of imidazole rings is 1. The number of nitrogens with two attached hydrogens (primary N) is 2. The van der Waals surface area contributed by atoms with Crippen molar-refractivity contribution in [2.24, 2.45) is 11.5 Å². The molecule has 2 heterocycles. The molecule has 0 saturated heterocycles. The molecular weight excluding hydrogens is 198 g/mol. The Morgan fingerprint density at radius 1 is 1.53 bits per heavy atom. The molecule has 7 nitrogen and oxygen atoms in total. The lowest BCUT2D eigenvalue weighted by molar-refractivity contribution is -0.121. The van der Waals surface area contributed by atoms with Crippen LogP contribution in [-0.2, 0) is 4.79 Å². The van der Waals surface area contributed by atoms with Crippen LogP contribution >= 0.6 is 0 Å². The van der Waals surface area contributed by atoms with Crippen LogP contribution in [-0.4, -0.2) is 27.9 Å². The number of rotatable bonds is 2. The molecule has 5 N–H and O–H groups in total. The standard InChI is InChI=1S/C8H11N5O2/c9-6(14)4-3-13-5(7(10)15)1-2-11-8(13)12-4/h3,5H,1-2H2,(H2,9,14)(H2,10,15)(H,11,12). The van der Waals surface area contributed by atoms with Crippen molar-refractivity contribution >= 4 is 17.8 Å². The summed E-state index contributed by atoms with van der Waals surface area (Å²) in [6.07, 6.45) is 2.02. The van der Waals surface area contributed by atoms with Crippen molar-refractivity contribution in [2.75, 3.05) is 11.9 Å². The molecule has 0 bridgehead atoms. The monoisotopic (exact) mass is 209 g/mol. The quantitative estimate of drug-likeness (QED) is 0.568. The summed E-state index contributed by atoms with van der Waals surface area (Å²) in [5, 5.41) is 2.96. The van der Waals surface area contributed by atoms with Gasteiger partial charge in [-0.1, -0.05) is 0 Å². The van der Waals surface area contributed by atoms with Gasteiger partial charge in [0.05, 0.1) is 0 Å². The summed E-state index contributed by atoms with van der Waals surface area (Å²) in [5.74, 6) is -0.605. The number of anilines is 1. The van der Waals surface area contributed by atoms with Gasteiger partial charge in [-0.3, -0.25) is 9.59 Å². The van der Waals surface area contributed by atoms with Gasteiger partial charge in [0.2, 0.25) is 11.9 Å². The topological polar surface area (TPSA) is 116 Å². The fourth-order valence-electron chi connectivity index (χ4n) is 1.62. The summed E-state index contributed by atoms with van der Waals surface area (Å²) < 4.78 is 1.55. The summed E-state index contributed by atoms with van der Waals surface area (Å²) in [4.78, 5) is 26.0. The van der Waals surface area contributed by atoms with Gasteiger partial charge in [0.15, 0.2) is 0 Å². The van der Waals surface area contributed by atoms with E-state index in [-0.39, 0.29) is 5.69 Å². The zero-order valence-electron chi connectivity index (χ0n) is 7.93. The Morgan fingerprint density at radius 2 is 2.27 bits per heavy atom. The van der Waals surface area contributed by atoms with E-state index in [1.54, 1.807) is 4.57 Å². The number of hydrogen-bond acceptors (Lipinski definition) is 4. The van der Waals surface area contributed by atoms with Crippen LogP contribution in [0.3, 0.4) is 0 Å². The van der Waals surface area contributed by atoms with Gasteiger partial charge in [0, 0.05) is 12.7 Å². The third-order valence-corrected chi connectivity index (χ3v) is 2.35. The smallest absolute Gasteiger partial charge is 0.268 e. The molecular formula is C8H11N5O2. The number of nitrogens with zero attached hydrogens (tertiary/aromatic N) is 2. The van der Waals surface area contributed by atoms with E-state index in [9.17, 15) is 9.59 Å². The number of carbonyl (C=O) groups excluding carboxylic acids is 2. The van der Waals surface area contributed by atoms with E-state index in [2.05, 4.69) is 10.3 Å². The van der Waals surface area contributed by atoms with E-state index < -0.39 is 17.9 Å². The van der Waals surface area contributed by atoms with Crippen LogP contribution in [0.25, 0.3) is 0 Å². The van der Waals surface area contributed by atoms with Crippen LogP contribution in [0, 0.1) is 0 Å². The Bertz CT molecular complexity index is 425. The Morgan fingerprint density at radius 3 is 2.87 bits per heavy atom. The van der Waals surface area contributed by atoms with Crippen molar-refractivity contribution in [3.63, 3.8) is 0 Å². The van der Waals surface area contributed by atoms with E-state index >= 15 is 0 Å². The average Bonchev–Trinajstić information content (AvgIpc) is 2.60. The second-order valence-electron chi connectivity index (χ2n) is 3.35. The minimum absolute atomic E-state index is 0.130. The Balaban J connectivity index is 2.43. The number of carbonyl (C=O) groups is 2. The molecule has 1 aromatic rings.